The van der Waals surface area contributed by atoms with Crippen molar-refractivity contribution in [1.29, 1.82) is 0 Å². The van der Waals surface area contributed by atoms with Gasteiger partial charge in [-0.05, 0) is 38.0 Å². The largest absolute Gasteiger partial charge is 0.396 e. The molecular formula is C16H17N3OS. The van der Waals surface area contributed by atoms with Gasteiger partial charge in [-0.2, -0.15) is 5.10 Å². The van der Waals surface area contributed by atoms with Gasteiger partial charge in [-0.3, -0.25) is 0 Å². The number of benzene rings is 1. The van der Waals surface area contributed by atoms with E-state index in [4.69, 9.17) is 5.11 Å². The first-order chi connectivity index (χ1) is 10.2. The monoisotopic (exact) mass is 299 g/mol. The van der Waals surface area contributed by atoms with Gasteiger partial charge in [0.15, 0.2) is 0 Å². The Bertz CT molecular complexity index is 730. The molecule has 0 aliphatic rings. The molecule has 0 bridgehead atoms. The van der Waals surface area contributed by atoms with Crippen LogP contribution in [0.25, 0.3) is 16.3 Å². The summed E-state index contributed by atoms with van der Waals surface area (Å²) in [5.41, 5.74) is 5.35. The van der Waals surface area contributed by atoms with E-state index in [1.54, 1.807) is 11.3 Å². The Morgan fingerprint density at radius 2 is 1.95 bits per heavy atom. The molecule has 4 nitrogen and oxygen atoms in total. The molecule has 2 heterocycles. The Morgan fingerprint density at radius 3 is 2.57 bits per heavy atom. The van der Waals surface area contributed by atoms with Crippen molar-refractivity contribution in [3.05, 3.63) is 52.8 Å². The van der Waals surface area contributed by atoms with Gasteiger partial charge in [0.05, 0.1) is 22.6 Å². The van der Waals surface area contributed by atoms with Crippen molar-refractivity contribution in [1.82, 2.24) is 14.8 Å². The van der Waals surface area contributed by atoms with Gasteiger partial charge in [-0.25, -0.2) is 9.67 Å². The molecule has 0 unspecified atom stereocenters. The first-order valence-electron chi connectivity index (χ1n) is 6.87. The van der Waals surface area contributed by atoms with Crippen LogP contribution in [0.4, 0.5) is 0 Å². The van der Waals surface area contributed by atoms with E-state index in [2.05, 4.69) is 17.0 Å². The first kappa shape index (κ1) is 14.0. The molecular weight excluding hydrogens is 282 g/mol. The predicted octanol–water partition coefficient (Wildman–Crippen LogP) is 3.15. The molecule has 0 saturated carbocycles. The van der Waals surface area contributed by atoms with Crippen molar-refractivity contribution >= 4 is 11.3 Å². The lowest BCUT2D eigenvalue weighted by Crippen LogP contribution is -2.00. The second-order valence-electron chi connectivity index (χ2n) is 4.93. The molecule has 0 saturated heterocycles. The van der Waals surface area contributed by atoms with Gasteiger partial charge in [0.2, 0.25) is 0 Å². The summed E-state index contributed by atoms with van der Waals surface area (Å²) in [5, 5.41) is 16.6. The minimum atomic E-state index is 0.174. The van der Waals surface area contributed by atoms with E-state index in [1.807, 2.05) is 47.4 Å². The van der Waals surface area contributed by atoms with Crippen LogP contribution in [0.2, 0.25) is 0 Å². The van der Waals surface area contributed by atoms with Crippen LogP contribution < -0.4 is 0 Å². The minimum Gasteiger partial charge on any atom is -0.396 e. The molecule has 0 radical (unpaired) electrons. The van der Waals surface area contributed by atoms with Crippen LogP contribution in [0.15, 0.2) is 35.8 Å². The topological polar surface area (TPSA) is 50.9 Å². The summed E-state index contributed by atoms with van der Waals surface area (Å²) in [6.45, 7) is 4.26. The summed E-state index contributed by atoms with van der Waals surface area (Å²) in [4.78, 5) is 4.39. The van der Waals surface area contributed by atoms with Crippen molar-refractivity contribution in [3.8, 4) is 16.3 Å². The molecule has 3 rings (SSSR count). The van der Waals surface area contributed by atoms with Crippen molar-refractivity contribution in [3.63, 3.8) is 0 Å². The molecule has 0 amide bonds. The second kappa shape index (κ2) is 5.79. The normalized spacial score (nSPS) is 11.0. The van der Waals surface area contributed by atoms with E-state index in [9.17, 15) is 0 Å². The van der Waals surface area contributed by atoms with Crippen LogP contribution in [-0.4, -0.2) is 26.5 Å². The number of hydrogen-bond donors (Lipinski definition) is 1. The molecule has 5 heteroatoms. The molecule has 0 atom stereocenters. The molecule has 0 spiro atoms. The lowest BCUT2D eigenvalue weighted by Gasteiger charge is -2.06. The third-order valence-electron chi connectivity index (χ3n) is 3.52. The Morgan fingerprint density at radius 1 is 1.19 bits per heavy atom. The maximum Gasteiger partial charge on any atom is 0.126 e. The van der Waals surface area contributed by atoms with Crippen molar-refractivity contribution in [2.75, 3.05) is 6.61 Å². The van der Waals surface area contributed by atoms with E-state index < -0.39 is 0 Å². The fourth-order valence-electron chi connectivity index (χ4n) is 2.48. The number of nitrogens with zero attached hydrogens (tertiary/aromatic N) is 3. The fraction of sp³-hybridized carbons (Fsp3) is 0.250. The Kier molecular flexibility index (Phi) is 3.86. The number of hydrogen-bond acceptors (Lipinski definition) is 4. The summed E-state index contributed by atoms with van der Waals surface area (Å²) in [7, 11) is 0. The summed E-state index contributed by atoms with van der Waals surface area (Å²) < 4.78 is 1.95. The molecule has 21 heavy (non-hydrogen) atoms. The second-order valence-corrected chi connectivity index (χ2v) is 5.83. The number of aliphatic hydroxyl groups excluding tert-OH is 1. The molecule has 1 aromatic carbocycles. The van der Waals surface area contributed by atoms with Crippen LogP contribution in [0.3, 0.4) is 0 Å². The maximum atomic E-state index is 8.97. The van der Waals surface area contributed by atoms with Gasteiger partial charge in [0, 0.05) is 18.2 Å². The van der Waals surface area contributed by atoms with Crippen LogP contribution in [0.5, 0.6) is 0 Å². The first-order valence-corrected chi connectivity index (χ1v) is 7.75. The molecule has 2 aromatic heterocycles. The third-order valence-corrected chi connectivity index (χ3v) is 4.31. The van der Waals surface area contributed by atoms with Gasteiger partial charge in [0.25, 0.3) is 0 Å². The molecule has 108 valence electrons. The molecule has 1 N–H and O–H groups in total. The van der Waals surface area contributed by atoms with Gasteiger partial charge in [-0.1, -0.05) is 12.1 Å². The highest BCUT2D eigenvalue weighted by atomic mass is 32.1. The minimum absolute atomic E-state index is 0.174. The highest BCUT2D eigenvalue weighted by molar-refractivity contribution is 7.13. The van der Waals surface area contributed by atoms with Crippen molar-refractivity contribution in [2.45, 2.75) is 20.3 Å². The van der Waals surface area contributed by atoms with Gasteiger partial charge >= 0.3 is 0 Å². The van der Waals surface area contributed by atoms with Crippen LogP contribution >= 0.6 is 11.3 Å². The van der Waals surface area contributed by atoms with E-state index in [1.165, 1.54) is 0 Å². The maximum absolute atomic E-state index is 8.97. The lowest BCUT2D eigenvalue weighted by molar-refractivity contribution is 0.299. The number of aryl methyl sites for hydroxylation is 1. The zero-order valence-electron chi connectivity index (χ0n) is 12.1. The highest BCUT2D eigenvalue weighted by Gasteiger charge is 2.16. The third kappa shape index (κ3) is 2.62. The summed E-state index contributed by atoms with van der Waals surface area (Å²) in [6.07, 6.45) is 2.50. The molecule has 0 aliphatic heterocycles. The summed E-state index contributed by atoms with van der Waals surface area (Å²) in [6, 6.07) is 8.14. The van der Waals surface area contributed by atoms with Gasteiger partial charge < -0.3 is 5.11 Å². The van der Waals surface area contributed by atoms with Gasteiger partial charge in [-0.15, -0.1) is 11.3 Å². The molecule has 0 fully saturated rings. The lowest BCUT2D eigenvalue weighted by atomic mass is 10.1. The van der Waals surface area contributed by atoms with E-state index in [-0.39, 0.29) is 6.61 Å². The Balaban J connectivity index is 2.02. The predicted molar refractivity (Wildman–Crippen MR) is 84.9 cm³/mol. The highest BCUT2D eigenvalue weighted by Crippen LogP contribution is 2.30. The number of aliphatic hydroxyl groups is 1. The van der Waals surface area contributed by atoms with Crippen molar-refractivity contribution < 1.29 is 5.11 Å². The Labute approximate surface area is 127 Å². The van der Waals surface area contributed by atoms with E-state index >= 15 is 0 Å². The zero-order valence-corrected chi connectivity index (χ0v) is 12.9. The van der Waals surface area contributed by atoms with E-state index in [0.717, 1.165) is 33.2 Å². The average molecular weight is 299 g/mol. The van der Waals surface area contributed by atoms with E-state index in [0.29, 0.717) is 6.42 Å². The smallest absolute Gasteiger partial charge is 0.126 e. The van der Waals surface area contributed by atoms with Gasteiger partial charge in [0.1, 0.15) is 5.01 Å². The zero-order chi connectivity index (χ0) is 14.8. The quantitative estimate of drug-likeness (QED) is 0.805. The van der Waals surface area contributed by atoms with Crippen LogP contribution in [0, 0.1) is 13.8 Å². The van der Waals surface area contributed by atoms with Crippen LogP contribution in [0.1, 0.15) is 17.0 Å². The number of thiazole rings is 1. The summed E-state index contributed by atoms with van der Waals surface area (Å²) in [5.74, 6) is 0. The molecule has 0 aliphatic carbocycles. The fourth-order valence-corrected chi connectivity index (χ4v) is 3.27. The number of aromatic nitrogens is 3. The van der Waals surface area contributed by atoms with Crippen molar-refractivity contribution in [2.24, 2.45) is 0 Å². The average Bonchev–Trinajstić information content (AvgIpc) is 3.08. The summed E-state index contributed by atoms with van der Waals surface area (Å²) >= 11 is 1.63. The SMILES string of the molecule is Cc1nn(-c2ccc(CCO)cc2)c(C)c1-c1nccs1. The standard InChI is InChI=1S/C16H17N3OS/c1-11-15(16-17-8-10-21-16)12(2)19(18-11)14-5-3-13(4-6-14)7-9-20/h3-6,8,10,20H,7,9H2,1-2H3. The molecule has 3 aromatic rings. The Hall–Kier alpha value is -1.98. The van der Waals surface area contributed by atoms with Crippen LogP contribution in [-0.2, 0) is 6.42 Å². The number of rotatable bonds is 4.